The maximum atomic E-state index is 10.6. The highest BCUT2D eigenvalue weighted by atomic mass is 16.1. The van der Waals surface area contributed by atoms with Crippen molar-refractivity contribution in [2.75, 3.05) is 0 Å². The molecule has 0 amide bonds. The summed E-state index contributed by atoms with van der Waals surface area (Å²) in [6, 6.07) is 9.23. The van der Waals surface area contributed by atoms with E-state index in [4.69, 9.17) is 0 Å². The summed E-state index contributed by atoms with van der Waals surface area (Å²) < 4.78 is 0. The van der Waals surface area contributed by atoms with Gasteiger partial charge in [0.15, 0.2) is 5.78 Å². The normalized spacial score (nSPS) is 6.94. The number of hydrogen-bond donors (Lipinski definition) is 0. The van der Waals surface area contributed by atoms with Crippen molar-refractivity contribution in [3.63, 3.8) is 0 Å². The van der Waals surface area contributed by atoms with Crippen molar-refractivity contribution in [3.05, 3.63) is 35.9 Å². The molecule has 0 aliphatic carbocycles. The summed E-state index contributed by atoms with van der Waals surface area (Å²) >= 11 is 0. The number of carbonyl (C=O) groups is 1. The van der Waals surface area contributed by atoms with Gasteiger partial charge in [-0.25, -0.2) is 0 Å². The van der Waals surface area contributed by atoms with E-state index in [0.29, 0.717) is 0 Å². The highest BCUT2D eigenvalue weighted by Gasteiger charge is 1.92. The van der Waals surface area contributed by atoms with E-state index in [1.807, 2.05) is 58.0 Å². The first-order chi connectivity index (χ1) is 7.72. The van der Waals surface area contributed by atoms with Crippen LogP contribution < -0.4 is 0 Å². The Labute approximate surface area is 102 Å². The molecule has 1 aromatic carbocycles. The Hall–Kier alpha value is -1.11. The second kappa shape index (κ2) is 19.5. The van der Waals surface area contributed by atoms with E-state index >= 15 is 0 Å². The molecule has 0 saturated heterocycles. The Balaban J connectivity index is -0.000000206. The van der Waals surface area contributed by atoms with Crippen molar-refractivity contribution in [1.82, 2.24) is 0 Å². The van der Waals surface area contributed by atoms with Gasteiger partial charge in [0.1, 0.15) is 0 Å². The van der Waals surface area contributed by atoms with E-state index in [-0.39, 0.29) is 5.78 Å². The monoisotopic (exact) mass is 224 g/mol. The van der Waals surface area contributed by atoms with Gasteiger partial charge in [-0.3, -0.25) is 4.79 Å². The minimum Gasteiger partial charge on any atom is -0.295 e. The van der Waals surface area contributed by atoms with E-state index in [1.165, 1.54) is 6.42 Å². The standard InChI is InChI=1S/C8H8O.C3H8.2C2H6/c1-7(9)8-5-3-2-4-6-8;1-3-2;2*1-2/h2-6H,1H3;3H2,1-2H3;2*1-2H3. The molecule has 1 heteroatoms. The second-order valence-corrected chi connectivity index (χ2v) is 2.63. The first-order valence-corrected chi connectivity index (χ1v) is 6.28. The van der Waals surface area contributed by atoms with Gasteiger partial charge in [-0.05, 0) is 6.92 Å². The van der Waals surface area contributed by atoms with Crippen molar-refractivity contribution in [2.24, 2.45) is 0 Å². The van der Waals surface area contributed by atoms with Crippen molar-refractivity contribution in [3.8, 4) is 0 Å². The van der Waals surface area contributed by atoms with Crippen LogP contribution in [0.3, 0.4) is 0 Å². The molecule has 0 saturated carbocycles. The second-order valence-electron chi connectivity index (χ2n) is 2.63. The third-order valence-corrected chi connectivity index (χ3v) is 1.18. The van der Waals surface area contributed by atoms with Gasteiger partial charge < -0.3 is 0 Å². The van der Waals surface area contributed by atoms with Gasteiger partial charge in [-0.15, -0.1) is 0 Å². The molecular formula is C15H28O. The fourth-order valence-electron chi connectivity index (χ4n) is 0.673. The topological polar surface area (TPSA) is 17.1 Å². The Morgan fingerprint density at radius 3 is 1.44 bits per heavy atom. The molecule has 0 heterocycles. The summed E-state index contributed by atoms with van der Waals surface area (Å²) in [7, 11) is 0. The summed E-state index contributed by atoms with van der Waals surface area (Å²) in [6.07, 6.45) is 1.25. The van der Waals surface area contributed by atoms with Crippen molar-refractivity contribution in [1.29, 1.82) is 0 Å². The largest absolute Gasteiger partial charge is 0.295 e. The number of hydrogen-bond acceptors (Lipinski definition) is 1. The molecule has 0 atom stereocenters. The minimum absolute atomic E-state index is 0.121. The highest BCUT2D eigenvalue weighted by Crippen LogP contribution is 1.97. The Morgan fingerprint density at radius 2 is 1.25 bits per heavy atom. The zero-order chi connectivity index (χ0) is 13.4. The fourth-order valence-corrected chi connectivity index (χ4v) is 0.673. The highest BCUT2D eigenvalue weighted by molar-refractivity contribution is 5.93. The van der Waals surface area contributed by atoms with E-state index in [0.717, 1.165) is 5.56 Å². The van der Waals surface area contributed by atoms with E-state index in [1.54, 1.807) is 6.92 Å². The zero-order valence-corrected chi connectivity index (χ0v) is 12.0. The maximum Gasteiger partial charge on any atom is 0.159 e. The van der Waals surface area contributed by atoms with Crippen LogP contribution in [0.4, 0.5) is 0 Å². The molecule has 0 fully saturated rings. The van der Waals surface area contributed by atoms with Crippen LogP contribution in [0.5, 0.6) is 0 Å². The molecule has 1 aromatic rings. The molecule has 0 radical (unpaired) electrons. The molecule has 0 unspecified atom stereocenters. The van der Waals surface area contributed by atoms with Gasteiger partial charge in [0, 0.05) is 5.56 Å². The average molecular weight is 224 g/mol. The van der Waals surface area contributed by atoms with Crippen LogP contribution in [-0.4, -0.2) is 5.78 Å². The van der Waals surface area contributed by atoms with Crippen molar-refractivity contribution in [2.45, 2.75) is 54.9 Å². The summed E-state index contributed by atoms with van der Waals surface area (Å²) in [5.74, 6) is 0.121. The van der Waals surface area contributed by atoms with Gasteiger partial charge >= 0.3 is 0 Å². The molecule has 0 aromatic heterocycles. The van der Waals surface area contributed by atoms with Gasteiger partial charge in [0.05, 0.1) is 0 Å². The van der Waals surface area contributed by atoms with Crippen LogP contribution in [0.25, 0.3) is 0 Å². The van der Waals surface area contributed by atoms with Crippen LogP contribution in [0, 0.1) is 0 Å². The molecule has 0 N–H and O–H groups in total. The quantitative estimate of drug-likeness (QED) is 0.587. The molecule has 1 nitrogen and oxygen atoms in total. The van der Waals surface area contributed by atoms with Gasteiger partial charge in [-0.2, -0.15) is 0 Å². The van der Waals surface area contributed by atoms with E-state index in [2.05, 4.69) is 13.8 Å². The summed E-state index contributed by atoms with van der Waals surface area (Å²) in [5.41, 5.74) is 0.775. The van der Waals surface area contributed by atoms with Crippen LogP contribution >= 0.6 is 0 Å². The molecule has 1 rings (SSSR count). The number of benzene rings is 1. The lowest BCUT2D eigenvalue weighted by Gasteiger charge is -1.89. The van der Waals surface area contributed by atoms with Gasteiger partial charge in [0.2, 0.25) is 0 Å². The zero-order valence-electron chi connectivity index (χ0n) is 12.0. The van der Waals surface area contributed by atoms with E-state index < -0.39 is 0 Å². The number of Topliss-reactive ketones (excluding diaryl/α,β-unsaturated/α-hetero) is 1. The number of carbonyl (C=O) groups excluding carboxylic acids is 1. The van der Waals surface area contributed by atoms with Crippen molar-refractivity contribution < 1.29 is 4.79 Å². The van der Waals surface area contributed by atoms with Crippen LogP contribution in [-0.2, 0) is 0 Å². The van der Waals surface area contributed by atoms with Gasteiger partial charge in [-0.1, -0.05) is 78.3 Å². The summed E-state index contributed by atoms with van der Waals surface area (Å²) in [4.78, 5) is 10.6. The molecule has 0 bridgehead atoms. The lowest BCUT2D eigenvalue weighted by Crippen LogP contribution is -1.88. The molecule has 0 spiro atoms. The molecule has 16 heavy (non-hydrogen) atoms. The minimum atomic E-state index is 0.121. The molecule has 94 valence electrons. The third kappa shape index (κ3) is 15.4. The summed E-state index contributed by atoms with van der Waals surface area (Å²) in [6.45, 7) is 13.8. The predicted octanol–water partition coefficient (Wildman–Crippen LogP) is 5.36. The third-order valence-electron chi connectivity index (χ3n) is 1.18. The lowest BCUT2D eigenvalue weighted by atomic mass is 10.2. The van der Waals surface area contributed by atoms with Gasteiger partial charge in [0.25, 0.3) is 0 Å². The molecule has 0 aliphatic rings. The number of rotatable bonds is 1. The first-order valence-electron chi connectivity index (χ1n) is 6.28. The maximum absolute atomic E-state index is 10.6. The van der Waals surface area contributed by atoms with Crippen LogP contribution in [0.15, 0.2) is 30.3 Å². The summed E-state index contributed by atoms with van der Waals surface area (Å²) in [5, 5.41) is 0. The first kappa shape index (κ1) is 20.3. The van der Waals surface area contributed by atoms with Crippen LogP contribution in [0.1, 0.15) is 65.2 Å². The van der Waals surface area contributed by atoms with E-state index in [9.17, 15) is 4.79 Å². The predicted molar refractivity (Wildman–Crippen MR) is 75.1 cm³/mol. The molecular weight excluding hydrogens is 196 g/mol. The molecule has 0 aliphatic heterocycles. The SMILES string of the molecule is CC.CC.CC(=O)c1ccccc1.CCC. The number of ketones is 1. The smallest absolute Gasteiger partial charge is 0.159 e. The van der Waals surface area contributed by atoms with Crippen LogP contribution in [0.2, 0.25) is 0 Å². The Kier molecular flexibility index (Phi) is 24.7. The Morgan fingerprint density at radius 1 is 0.938 bits per heavy atom. The average Bonchev–Trinajstić information content (AvgIpc) is 2.36. The fraction of sp³-hybridized carbons (Fsp3) is 0.533. The Bertz CT molecular complexity index is 214. The van der Waals surface area contributed by atoms with Crippen molar-refractivity contribution >= 4 is 5.78 Å². The lowest BCUT2D eigenvalue weighted by molar-refractivity contribution is 0.101.